The lowest BCUT2D eigenvalue weighted by atomic mass is 9.97. The summed E-state index contributed by atoms with van der Waals surface area (Å²) in [6, 6.07) is 42.3. The zero-order valence-corrected chi connectivity index (χ0v) is 40.4. The van der Waals surface area contributed by atoms with E-state index < -0.39 is 11.9 Å². The number of nitrogens with zero attached hydrogens (tertiary/aromatic N) is 4. The van der Waals surface area contributed by atoms with Crippen molar-refractivity contribution in [1.29, 1.82) is 0 Å². The number of ether oxygens (including phenoxy) is 1. The third-order valence-electron chi connectivity index (χ3n) is 12.5. The molecular formula is C58H54N4O8. The number of aromatic nitrogens is 2. The van der Waals surface area contributed by atoms with E-state index in [-0.39, 0.29) is 17.3 Å². The molecule has 3 aromatic heterocycles. The molecule has 12 nitrogen and oxygen atoms in total. The standard InChI is InChI=1S/C29H24N2O4.C29H30N2O4/c1-4-31-25-13-11-20(19(3)30-35-29(33)27-10-7-15-34-27)16-23(25)24-17-21(12-14-26(24)31)28(32)22-9-6-5-8-18(22)2;1-5-31-27-14-12-21(26(11-8-16-34-4)30-35-20(3)32)17-24(27)25-18-22(13-15-28(25)31)29(33)23-10-7-6-9-19(23)2/h5-17H,4H2,1-3H3;6-7,9-10,12-15,17-18H,5,8,11,16H2,1-4H3/b30-19+;30-26+. The van der Waals surface area contributed by atoms with Crippen LogP contribution in [0.25, 0.3) is 43.6 Å². The van der Waals surface area contributed by atoms with Gasteiger partial charge in [0.25, 0.3) is 0 Å². The quantitative estimate of drug-likeness (QED) is 0.0325. The number of carbonyl (C=O) groups excluding carboxylic acids is 4. The lowest BCUT2D eigenvalue weighted by Gasteiger charge is -2.07. The van der Waals surface area contributed by atoms with Gasteiger partial charge in [0.2, 0.25) is 5.76 Å². The molecule has 9 rings (SSSR count). The number of fused-ring (bicyclic) bond motifs is 6. The van der Waals surface area contributed by atoms with Crippen LogP contribution >= 0.6 is 0 Å². The van der Waals surface area contributed by atoms with Gasteiger partial charge in [-0.1, -0.05) is 71.0 Å². The summed E-state index contributed by atoms with van der Waals surface area (Å²) < 4.78 is 14.7. The minimum absolute atomic E-state index is 0.00105. The van der Waals surface area contributed by atoms with E-state index in [0.717, 1.165) is 85.4 Å². The molecule has 0 unspecified atom stereocenters. The largest absolute Gasteiger partial charge is 0.457 e. The summed E-state index contributed by atoms with van der Waals surface area (Å²) in [5.74, 6) is -1.01. The first-order chi connectivity index (χ1) is 33.9. The summed E-state index contributed by atoms with van der Waals surface area (Å²) in [4.78, 5) is 60.0. The third kappa shape index (κ3) is 9.99. The highest BCUT2D eigenvalue weighted by atomic mass is 16.7. The van der Waals surface area contributed by atoms with E-state index in [4.69, 9.17) is 18.8 Å². The van der Waals surface area contributed by atoms with Gasteiger partial charge in [0, 0.05) is 105 Å². The van der Waals surface area contributed by atoms with E-state index in [1.54, 1.807) is 20.1 Å². The maximum absolute atomic E-state index is 13.3. The lowest BCUT2D eigenvalue weighted by molar-refractivity contribution is -0.140. The second-order valence-corrected chi connectivity index (χ2v) is 17.0. The number of rotatable bonds is 15. The van der Waals surface area contributed by atoms with Crippen molar-refractivity contribution >= 4 is 78.5 Å². The zero-order valence-electron chi connectivity index (χ0n) is 40.4. The number of ketones is 2. The number of methoxy groups -OCH3 is 1. The first kappa shape index (κ1) is 48.2. The molecule has 70 heavy (non-hydrogen) atoms. The van der Waals surface area contributed by atoms with Crippen molar-refractivity contribution in [3.8, 4) is 0 Å². The van der Waals surface area contributed by atoms with E-state index in [1.807, 2.05) is 123 Å². The van der Waals surface area contributed by atoms with Crippen LogP contribution in [0.1, 0.15) is 105 Å². The van der Waals surface area contributed by atoms with E-state index in [0.29, 0.717) is 46.7 Å². The van der Waals surface area contributed by atoms with Crippen LogP contribution in [0.15, 0.2) is 154 Å². The van der Waals surface area contributed by atoms with Crippen molar-refractivity contribution in [2.75, 3.05) is 13.7 Å². The molecule has 0 aliphatic rings. The first-order valence-electron chi connectivity index (χ1n) is 23.3. The predicted molar refractivity (Wildman–Crippen MR) is 275 cm³/mol. The Hall–Kier alpha value is -8.22. The van der Waals surface area contributed by atoms with Gasteiger partial charge in [0.1, 0.15) is 0 Å². The Balaban J connectivity index is 0.000000188. The maximum Gasteiger partial charge on any atom is 0.400 e. The Morgan fingerprint density at radius 2 is 1.03 bits per heavy atom. The van der Waals surface area contributed by atoms with Crippen LogP contribution in [0.3, 0.4) is 0 Å². The van der Waals surface area contributed by atoms with Gasteiger partial charge in [0.05, 0.1) is 17.7 Å². The molecule has 0 amide bonds. The molecule has 0 N–H and O–H groups in total. The molecule has 0 spiro atoms. The lowest BCUT2D eigenvalue weighted by Crippen LogP contribution is -2.06. The van der Waals surface area contributed by atoms with Crippen LogP contribution in [0.4, 0.5) is 0 Å². The molecule has 12 heteroatoms. The smallest absolute Gasteiger partial charge is 0.400 e. The van der Waals surface area contributed by atoms with Gasteiger partial charge in [-0.05, 0) is 137 Å². The van der Waals surface area contributed by atoms with Gasteiger partial charge in [0.15, 0.2) is 11.6 Å². The van der Waals surface area contributed by atoms with Crippen LogP contribution < -0.4 is 0 Å². The minimum Gasteiger partial charge on any atom is -0.457 e. The highest BCUT2D eigenvalue weighted by Crippen LogP contribution is 2.34. The monoisotopic (exact) mass is 934 g/mol. The van der Waals surface area contributed by atoms with Crippen molar-refractivity contribution in [2.24, 2.45) is 10.3 Å². The van der Waals surface area contributed by atoms with Crippen LogP contribution in [0, 0.1) is 13.8 Å². The van der Waals surface area contributed by atoms with Gasteiger partial charge >= 0.3 is 11.9 Å². The SMILES string of the molecule is CCn1c2ccc(C(=O)c3ccccc3C)cc2c2cc(/C(C)=N/OC(=O)c3ccco3)ccc21.CCn1c2ccc(C(=O)c3ccccc3C)cc2c2cc(/C(CCCOC)=N/OC(C)=O)ccc21. The fourth-order valence-electron chi connectivity index (χ4n) is 8.89. The number of hydrogen-bond acceptors (Lipinski definition) is 10. The fourth-order valence-corrected chi connectivity index (χ4v) is 8.89. The summed E-state index contributed by atoms with van der Waals surface area (Å²) in [7, 11) is 1.66. The highest BCUT2D eigenvalue weighted by molar-refractivity contribution is 6.18. The number of benzene rings is 6. The molecule has 3 heterocycles. The summed E-state index contributed by atoms with van der Waals surface area (Å²) in [6.45, 7) is 13.4. The van der Waals surface area contributed by atoms with Gasteiger partial charge in [-0.25, -0.2) is 9.59 Å². The van der Waals surface area contributed by atoms with Gasteiger partial charge in [-0.2, -0.15) is 0 Å². The number of hydrogen-bond donors (Lipinski definition) is 0. The molecule has 0 fully saturated rings. The van der Waals surface area contributed by atoms with Crippen molar-refractivity contribution in [2.45, 2.75) is 67.5 Å². The molecule has 0 saturated heterocycles. The molecule has 0 aliphatic heterocycles. The summed E-state index contributed by atoms with van der Waals surface area (Å²) >= 11 is 0. The van der Waals surface area contributed by atoms with Gasteiger partial charge < -0.3 is 28.0 Å². The van der Waals surface area contributed by atoms with Crippen molar-refractivity contribution in [3.05, 3.63) is 190 Å². The summed E-state index contributed by atoms with van der Waals surface area (Å²) in [5.41, 5.74) is 11.8. The normalized spacial score (nSPS) is 11.8. The van der Waals surface area contributed by atoms with Gasteiger partial charge in [-0.3, -0.25) is 9.59 Å². The number of furan rings is 1. The minimum atomic E-state index is -0.655. The summed E-state index contributed by atoms with van der Waals surface area (Å²) in [5, 5.41) is 12.2. The first-order valence-corrected chi connectivity index (χ1v) is 23.3. The number of carbonyl (C=O) groups is 4. The Kier molecular flexibility index (Phi) is 14.7. The summed E-state index contributed by atoms with van der Waals surface area (Å²) in [6.07, 6.45) is 2.76. The predicted octanol–water partition coefficient (Wildman–Crippen LogP) is 12.6. The Labute approximate surface area is 405 Å². The van der Waals surface area contributed by atoms with Crippen molar-refractivity contribution in [1.82, 2.24) is 9.13 Å². The highest BCUT2D eigenvalue weighted by Gasteiger charge is 2.19. The molecule has 0 bridgehead atoms. The zero-order chi connectivity index (χ0) is 49.5. The second kappa shape index (κ2) is 21.4. The molecule has 354 valence electrons. The molecule has 0 radical (unpaired) electrons. The Morgan fingerprint density at radius 1 is 0.557 bits per heavy atom. The topological polar surface area (TPSA) is 144 Å². The van der Waals surface area contributed by atoms with Crippen LogP contribution in [-0.2, 0) is 32.3 Å². The van der Waals surface area contributed by atoms with Gasteiger partial charge in [-0.15, -0.1) is 0 Å². The number of aryl methyl sites for hydroxylation is 4. The second-order valence-electron chi connectivity index (χ2n) is 17.0. The average molecular weight is 935 g/mol. The van der Waals surface area contributed by atoms with Crippen LogP contribution in [0.2, 0.25) is 0 Å². The molecule has 9 aromatic rings. The molecule has 6 aromatic carbocycles. The van der Waals surface area contributed by atoms with Crippen molar-refractivity contribution in [3.63, 3.8) is 0 Å². The molecular weight excluding hydrogens is 881 g/mol. The Bertz CT molecular complexity index is 3500. The average Bonchev–Trinajstić information content (AvgIpc) is 4.11. The van der Waals surface area contributed by atoms with Crippen molar-refractivity contribution < 1.29 is 38.0 Å². The van der Waals surface area contributed by atoms with E-state index in [1.165, 1.54) is 19.3 Å². The molecule has 0 saturated carbocycles. The Morgan fingerprint density at radius 3 is 1.49 bits per heavy atom. The van der Waals surface area contributed by atoms with E-state index in [2.05, 4.69) is 45.4 Å². The fraction of sp³-hybridized carbons (Fsp3) is 0.207. The van der Waals surface area contributed by atoms with Crippen LogP contribution in [0.5, 0.6) is 0 Å². The third-order valence-corrected chi connectivity index (χ3v) is 12.5. The molecule has 0 atom stereocenters. The maximum atomic E-state index is 13.3. The van der Waals surface area contributed by atoms with E-state index >= 15 is 0 Å². The van der Waals surface area contributed by atoms with Crippen LogP contribution in [-0.4, -0.2) is 57.8 Å². The number of oxime groups is 2. The van der Waals surface area contributed by atoms with E-state index in [9.17, 15) is 19.2 Å². The molecule has 0 aliphatic carbocycles.